The fourth-order valence-electron chi connectivity index (χ4n) is 3.60. The molecule has 0 atom stereocenters. The number of para-hydroxylation sites is 1. The summed E-state index contributed by atoms with van der Waals surface area (Å²) in [5, 5.41) is 3.78. The first-order valence-electron chi connectivity index (χ1n) is 9.21. The molecule has 0 bridgehead atoms. The monoisotopic (exact) mass is 404 g/mol. The SMILES string of the molecule is Cc1cc(CN2CCN(C(=O)c3cnc4ccccc4c3C(F)(F)F)CC2)on1. The van der Waals surface area contributed by atoms with E-state index in [1.165, 1.54) is 23.1 Å². The molecular weight excluding hydrogens is 385 g/mol. The molecule has 1 fully saturated rings. The molecule has 1 aliphatic rings. The summed E-state index contributed by atoms with van der Waals surface area (Å²) in [6, 6.07) is 7.82. The number of pyridine rings is 1. The second-order valence-electron chi connectivity index (χ2n) is 7.06. The largest absolute Gasteiger partial charge is 0.417 e. The first-order chi connectivity index (χ1) is 13.8. The van der Waals surface area contributed by atoms with Gasteiger partial charge in [0.25, 0.3) is 5.91 Å². The number of fused-ring (bicyclic) bond motifs is 1. The highest BCUT2D eigenvalue weighted by Crippen LogP contribution is 2.37. The van der Waals surface area contributed by atoms with Crippen LogP contribution in [0.2, 0.25) is 0 Å². The highest BCUT2D eigenvalue weighted by Gasteiger charge is 2.39. The minimum atomic E-state index is -4.65. The number of piperazine rings is 1. The van der Waals surface area contributed by atoms with Crippen molar-refractivity contribution in [3.8, 4) is 0 Å². The molecule has 152 valence electrons. The van der Waals surface area contributed by atoms with Gasteiger partial charge in [0, 0.05) is 43.8 Å². The van der Waals surface area contributed by atoms with Crippen molar-refractivity contribution in [3.05, 3.63) is 59.1 Å². The Kier molecular flexibility index (Phi) is 4.99. The van der Waals surface area contributed by atoms with Crippen molar-refractivity contribution in [3.63, 3.8) is 0 Å². The van der Waals surface area contributed by atoms with Crippen molar-refractivity contribution in [2.75, 3.05) is 26.2 Å². The molecule has 0 spiro atoms. The van der Waals surface area contributed by atoms with Crippen LogP contribution >= 0.6 is 0 Å². The Bertz CT molecular complexity index is 1040. The van der Waals surface area contributed by atoms with Crippen LogP contribution in [-0.2, 0) is 12.7 Å². The summed E-state index contributed by atoms with van der Waals surface area (Å²) in [6.45, 7) is 4.11. The van der Waals surface area contributed by atoms with Gasteiger partial charge >= 0.3 is 6.18 Å². The van der Waals surface area contributed by atoms with Crippen molar-refractivity contribution in [1.82, 2.24) is 19.9 Å². The molecule has 1 amide bonds. The molecule has 6 nitrogen and oxygen atoms in total. The van der Waals surface area contributed by atoms with Gasteiger partial charge in [-0.05, 0) is 13.0 Å². The Hall–Kier alpha value is -2.94. The van der Waals surface area contributed by atoms with Crippen molar-refractivity contribution >= 4 is 16.8 Å². The van der Waals surface area contributed by atoms with E-state index in [9.17, 15) is 18.0 Å². The predicted octanol–water partition coefficient (Wildman–Crippen LogP) is 3.51. The maximum Gasteiger partial charge on any atom is 0.417 e. The maximum atomic E-state index is 13.8. The lowest BCUT2D eigenvalue weighted by atomic mass is 10.0. The van der Waals surface area contributed by atoms with Crippen molar-refractivity contribution in [1.29, 1.82) is 0 Å². The third-order valence-corrected chi connectivity index (χ3v) is 5.01. The average Bonchev–Trinajstić information content (AvgIpc) is 3.11. The van der Waals surface area contributed by atoms with E-state index in [1.54, 1.807) is 6.07 Å². The molecule has 0 saturated carbocycles. The fraction of sp³-hybridized carbons (Fsp3) is 0.350. The first-order valence-corrected chi connectivity index (χ1v) is 9.21. The second kappa shape index (κ2) is 7.47. The molecule has 3 aromatic rings. The molecule has 1 aromatic carbocycles. The Balaban J connectivity index is 1.54. The van der Waals surface area contributed by atoms with Crippen LogP contribution in [0.15, 0.2) is 41.1 Å². The van der Waals surface area contributed by atoms with E-state index in [4.69, 9.17) is 4.52 Å². The molecule has 0 aliphatic carbocycles. The van der Waals surface area contributed by atoms with Gasteiger partial charge in [-0.2, -0.15) is 13.2 Å². The highest BCUT2D eigenvalue weighted by atomic mass is 19.4. The van der Waals surface area contributed by atoms with Gasteiger partial charge in [-0.1, -0.05) is 23.4 Å². The van der Waals surface area contributed by atoms with E-state index in [2.05, 4.69) is 15.0 Å². The van der Waals surface area contributed by atoms with Crippen LogP contribution in [0.5, 0.6) is 0 Å². The number of nitrogens with zero attached hydrogens (tertiary/aromatic N) is 4. The number of hydrogen-bond donors (Lipinski definition) is 0. The van der Waals surface area contributed by atoms with Crippen molar-refractivity contribution in [2.45, 2.75) is 19.6 Å². The number of rotatable bonds is 3. The van der Waals surface area contributed by atoms with Gasteiger partial charge in [0.05, 0.1) is 28.9 Å². The molecule has 4 rings (SSSR count). The van der Waals surface area contributed by atoms with Crippen LogP contribution in [-0.4, -0.2) is 52.0 Å². The Morgan fingerprint density at radius 2 is 1.90 bits per heavy atom. The lowest BCUT2D eigenvalue weighted by Crippen LogP contribution is -2.48. The summed E-state index contributed by atoms with van der Waals surface area (Å²) in [6.07, 6.45) is -3.61. The topological polar surface area (TPSA) is 62.5 Å². The number of alkyl halides is 3. The molecule has 0 N–H and O–H groups in total. The third-order valence-electron chi connectivity index (χ3n) is 5.01. The summed E-state index contributed by atoms with van der Waals surface area (Å²) in [5.41, 5.74) is -0.330. The lowest BCUT2D eigenvalue weighted by Gasteiger charge is -2.34. The molecule has 3 heterocycles. The van der Waals surface area contributed by atoms with Gasteiger partial charge < -0.3 is 9.42 Å². The predicted molar refractivity (Wildman–Crippen MR) is 99.2 cm³/mol. The quantitative estimate of drug-likeness (QED) is 0.669. The van der Waals surface area contributed by atoms with Gasteiger partial charge in [-0.15, -0.1) is 0 Å². The minimum absolute atomic E-state index is 0.0647. The number of aryl methyl sites for hydroxylation is 1. The van der Waals surface area contributed by atoms with Crippen LogP contribution in [0.4, 0.5) is 13.2 Å². The fourth-order valence-corrected chi connectivity index (χ4v) is 3.60. The van der Waals surface area contributed by atoms with Gasteiger partial charge in [0.1, 0.15) is 0 Å². The molecule has 29 heavy (non-hydrogen) atoms. The summed E-state index contributed by atoms with van der Waals surface area (Å²) >= 11 is 0. The zero-order valence-corrected chi connectivity index (χ0v) is 15.7. The zero-order valence-electron chi connectivity index (χ0n) is 15.7. The number of carbonyl (C=O) groups is 1. The number of halogens is 3. The van der Waals surface area contributed by atoms with Gasteiger partial charge in [-0.3, -0.25) is 14.7 Å². The van der Waals surface area contributed by atoms with Crippen LogP contribution < -0.4 is 0 Å². The van der Waals surface area contributed by atoms with Crippen LogP contribution in [0.3, 0.4) is 0 Å². The van der Waals surface area contributed by atoms with Crippen molar-refractivity contribution in [2.24, 2.45) is 0 Å². The second-order valence-corrected chi connectivity index (χ2v) is 7.06. The van der Waals surface area contributed by atoms with E-state index in [1.807, 2.05) is 13.0 Å². The summed E-state index contributed by atoms with van der Waals surface area (Å²) in [7, 11) is 0. The number of carbonyl (C=O) groups excluding carboxylic acids is 1. The van der Waals surface area contributed by atoms with Crippen LogP contribution in [0, 0.1) is 6.92 Å². The number of hydrogen-bond acceptors (Lipinski definition) is 5. The van der Waals surface area contributed by atoms with Gasteiger partial charge in [0.15, 0.2) is 5.76 Å². The minimum Gasteiger partial charge on any atom is -0.360 e. The third kappa shape index (κ3) is 3.95. The standard InChI is InChI=1S/C20H19F3N4O2/c1-13-10-14(29-25-13)12-26-6-8-27(9-7-26)19(28)16-11-24-17-5-3-2-4-15(17)18(16)20(21,22)23/h2-5,10-11H,6-9,12H2,1H3. The highest BCUT2D eigenvalue weighted by molar-refractivity contribution is 6.00. The molecular formula is C20H19F3N4O2. The Labute approximate surface area is 164 Å². The van der Waals surface area contributed by atoms with E-state index >= 15 is 0 Å². The van der Waals surface area contributed by atoms with E-state index in [-0.39, 0.29) is 10.9 Å². The average molecular weight is 404 g/mol. The smallest absolute Gasteiger partial charge is 0.360 e. The van der Waals surface area contributed by atoms with Crippen molar-refractivity contribution < 1.29 is 22.5 Å². The van der Waals surface area contributed by atoms with Crippen LogP contribution in [0.1, 0.15) is 27.4 Å². The first kappa shape index (κ1) is 19.4. The van der Waals surface area contributed by atoms with Gasteiger partial charge in [-0.25, -0.2) is 0 Å². The number of amides is 1. The van der Waals surface area contributed by atoms with Gasteiger partial charge in [0.2, 0.25) is 0 Å². The zero-order chi connectivity index (χ0) is 20.6. The van der Waals surface area contributed by atoms with Crippen LogP contribution in [0.25, 0.3) is 10.9 Å². The Morgan fingerprint density at radius 3 is 2.55 bits per heavy atom. The maximum absolute atomic E-state index is 13.8. The summed E-state index contributed by atoms with van der Waals surface area (Å²) < 4.78 is 46.6. The number of aromatic nitrogens is 2. The normalized spacial score (nSPS) is 15.8. The Morgan fingerprint density at radius 1 is 1.17 bits per heavy atom. The molecule has 1 aliphatic heterocycles. The molecule has 9 heteroatoms. The number of benzene rings is 1. The molecule has 0 radical (unpaired) electrons. The molecule has 1 saturated heterocycles. The van der Waals surface area contributed by atoms with E-state index in [0.717, 1.165) is 17.7 Å². The summed E-state index contributed by atoms with van der Waals surface area (Å²) in [5.74, 6) is 0.0751. The summed E-state index contributed by atoms with van der Waals surface area (Å²) in [4.78, 5) is 20.5. The molecule has 0 unspecified atom stereocenters. The van der Waals surface area contributed by atoms with E-state index in [0.29, 0.717) is 32.7 Å². The van der Waals surface area contributed by atoms with E-state index < -0.39 is 23.2 Å². The molecule has 2 aromatic heterocycles. The lowest BCUT2D eigenvalue weighted by molar-refractivity contribution is -0.136.